The number of esters is 1. The maximum Gasteiger partial charge on any atom is 0.314 e. The molecular formula is C15H17N3O4. The number of hydrogen-bond acceptors (Lipinski definition) is 6. The largest absolute Gasteiger partial charge is 0.466 e. The Bertz CT molecular complexity index is 609. The molecule has 1 aliphatic rings. The van der Waals surface area contributed by atoms with Gasteiger partial charge in [0.25, 0.3) is 0 Å². The highest BCUT2D eigenvalue weighted by Crippen LogP contribution is 2.41. The van der Waals surface area contributed by atoms with Gasteiger partial charge in [0.1, 0.15) is 17.6 Å². The van der Waals surface area contributed by atoms with Gasteiger partial charge in [0.05, 0.1) is 12.7 Å². The molecule has 7 heteroatoms. The minimum Gasteiger partial charge on any atom is -0.466 e. The number of carbonyl (C=O) groups is 2. The second-order valence-corrected chi connectivity index (χ2v) is 5.29. The first kappa shape index (κ1) is 15.9. The van der Waals surface area contributed by atoms with E-state index < -0.39 is 35.4 Å². The predicted molar refractivity (Wildman–Crippen MR) is 75.0 cm³/mol. The molecule has 1 fully saturated rings. The van der Waals surface area contributed by atoms with E-state index in [9.17, 15) is 20.0 Å². The van der Waals surface area contributed by atoms with Crippen molar-refractivity contribution in [2.75, 3.05) is 6.61 Å². The maximum atomic E-state index is 12.3. The van der Waals surface area contributed by atoms with Crippen LogP contribution in [0.4, 0.5) is 0 Å². The van der Waals surface area contributed by atoms with Crippen molar-refractivity contribution in [1.82, 2.24) is 10.3 Å². The van der Waals surface area contributed by atoms with Crippen LogP contribution >= 0.6 is 0 Å². The van der Waals surface area contributed by atoms with Crippen LogP contribution in [0.1, 0.15) is 25.3 Å². The summed E-state index contributed by atoms with van der Waals surface area (Å²) in [6.45, 7) is 3.11. The summed E-state index contributed by atoms with van der Waals surface area (Å²) in [6, 6.07) is 5.22. The van der Waals surface area contributed by atoms with Gasteiger partial charge in [-0.25, -0.2) is 0 Å². The van der Waals surface area contributed by atoms with E-state index in [-0.39, 0.29) is 6.61 Å². The molecule has 4 atom stereocenters. The highest BCUT2D eigenvalue weighted by Gasteiger charge is 2.54. The molecular weight excluding hydrogens is 286 g/mol. The highest BCUT2D eigenvalue weighted by molar-refractivity contribution is 5.88. The fourth-order valence-corrected chi connectivity index (χ4v) is 2.82. The average molecular weight is 303 g/mol. The van der Waals surface area contributed by atoms with Crippen LogP contribution in [0.15, 0.2) is 24.5 Å². The predicted octanol–water partition coefficient (Wildman–Crippen LogP) is 0.323. The van der Waals surface area contributed by atoms with E-state index in [0.717, 1.165) is 0 Å². The number of aromatic nitrogens is 1. The van der Waals surface area contributed by atoms with Crippen LogP contribution < -0.4 is 5.32 Å². The van der Waals surface area contributed by atoms with Crippen molar-refractivity contribution in [1.29, 1.82) is 5.26 Å². The number of pyridine rings is 1. The Kier molecular flexibility index (Phi) is 4.43. The number of aliphatic hydroxyl groups is 1. The fraction of sp³-hybridized carbons (Fsp3) is 0.467. The molecule has 1 aromatic heterocycles. The zero-order valence-electron chi connectivity index (χ0n) is 12.3. The lowest BCUT2D eigenvalue weighted by molar-refractivity contribution is -0.170. The third-order valence-corrected chi connectivity index (χ3v) is 3.73. The van der Waals surface area contributed by atoms with Gasteiger partial charge in [-0.15, -0.1) is 0 Å². The smallest absolute Gasteiger partial charge is 0.314 e. The lowest BCUT2D eigenvalue weighted by Crippen LogP contribution is -2.63. The third kappa shape index (κ3) is 2.78. The maximum absolute atomic E-state index is 12.3. The molecule has 1 saturated heterocycles. The van der Waals surface area contributed by atoms with Gasteiger partial charge in [0.15, 0.2) is 0 Å². The first-order valence-electron chi connectivity index (χ1n) is 6.93. The van der Waals surface area contributed by atoms with Crippen LogP contribution in [0.5, 0.6) is 0 Å². The van der Waals surface area contributed by atoms with Crippen molar-refractivity contribution in [2.24, 2.45) is 11.8 Å². The molecule has 0 saturated carbocycles. The molecule has 1 amide bonds. The molecule has 0 radical (unpaired) electrons. The first-order valence-corrected chi connectivity index (χ1v) is 6.93. The minimum atomic E-state index is -1.81. The van der Waals surface area contributed by atoms with E-state index in [1.165, 1.54) is 13.1 Å². The Balaban J connectivity index is 2.54. The van der Waals surface area contributed by atoms with Crippen molar-refractivity contribution in [3.63, 3.8) is 0 Å². The summed E-state index contributed by atoms with van der Waals surface area (Å²) in [5, 5.41) is 22.1. The Labute approximate surface area is 127 Å². The van der Waals surface area contributed by atoms with Gasteiger partial charge in [0.2, 0.25) is 5.91 Å². The normalized spacial score (nSPS) is 31.0. The summed E-state index contributed by atoms with van der Waals surface area (Å²) in [5.74, 6) is -4.33. The number of piperidine rings is 1. The van der Waals surface area contributed by atoms with E-state index >= 15 is 0 Å². The summed E-state index contributed by atoms with van der Waals surface area (Å²) in [7, 11) is 0. The minimum absolute atomic E-state index is 0.135. The van der Waals surface area contributed by atoms with Crippen LogP contribution in [-0.4, -0.2) is 34.3 Å². The van der Waals surface area contributed by atoms with E-state index in [1.54, 1.807) is 25.3 Å². The van der Waals surface area contributed by atoms with Crippen LogP contribution in [0, 0.1) is 23.2 Å². The molecule has 0 spiro atoms. The molecule has 1 aliphatic heterocycles. The van der Waals surface area contributed by atoms with E-state index in [4.69, 9.17) is 4.74 Å². The Morgan fingerprint density at radius 2 is 2.36 bits per heavy atom. The van der Waals surface area contributed by atoms with Crippen molar-refractivity contribution in [3.8, 4) is 6.07 Å². The van der Waals surface area contributed by atoms with Gasteiger partial charge in [-0.2, -0.15) is 5.26 Å². The Hall–Kier alpha value is -2.46. The number of carbonyl (C=O) groups excluding carboxylic acids is 2. The fourth-order valence-electron chi connectivity index (χ4n) is 2.82. The van der Waals surface area contributed by atoms with Crippen LogP contribution in [0.25, 0.3) is 0 Å². The summed E-state index contributed by atoms with van der Waals surface area (Å²) in [6.07, 6.45) is 3.03. The third-order valence-electron chi connectivity index (χ3n) is 3.73. The van der Waals surface area contributed by atoms with E-state index in [2.05, 4.69) is 10.3 Å². The van der Waals surface area contributed by atoms with Crippen molar-refractivity contribution in [3.05, 3.63) is 30.1 Å². The van der Waals surface area contributed by atoms with E-state index in [1.807, 2.05) is 6.07 Å². The van der Waals surface area contributed by atoms with Crippen LogP contribution in [0.3, 0.4) is 0 Å². The zero-order chi connectivity index (χ0) is 16.3. The molecule has 1 aromatic rings. The molecule has 22 heavy (non-hydrogen) atoms. The van der Waals surface area contributed by atoms with Gasteiger partial charge in [-0.3, -0.25) is 14.6 Å². The Morgan fingerprint density at radius 3 is 2.91 bits per heavy atom. The number of ether oxygens (including phenoxy) is 1. The van der Waals surface area contributed by atoms with Crippen molar-refractivity contribution >= 4 is 11.9 Å². The lowest BCUT2D eigenvalue weighted by Gasteiger charge is -2.43. The molecule has 0 aliphatic carbocycles. The number of hydrogen-bond donors (Lipinski definition) is 2. The molecule has 116 valence electrons. The summed E-state index contributed by atoms with van der Waals surface area (Å²) in [4.78, 5) is 28.4. The highest BCUT2D eigenvalue weighted by atomic mass is 16.5. The summed E-state index contributed by atoms with van der Waals surface area (Å²) >= 11 is 0. The number of rotatable bonds is 3. The molecule has 0 aromatic carbocycles. The SMILES string of the molecule is CCOC(=O)C1C(c2cccnc2)C(C#N)C(=O)NC1(C)O. The summed E-state index contributed by atoms with van der Waals surface area (Å²) < 4.78 is 5.02. The topological polar surface area (TPSA) is 112 Å². The van der Waals surface area contributed by atoms with Gasteiger partial charge >= 0.3 is 5.97 Å². The monoisotopic (exact) mass is 303 g/mol. The second kappa shape index (κ2) is 6.12. The molecule has 2 N–H and O–H groups in total. The summed E-state index contributed by atoms with van der Waals surface area (Å²) in [5.41, 5.74) is -1.28. The van der Waals surface area contributed by atoms with Crippen molar-refractivity contribution < 1.29 is 19.4 Å². The molecule has 0 bridgehead atoms. The van der Waals surface area contributed by atoms with Gasteiger partial charge < -0.3 is 15.2 Å². The second-order valence-electron chi connectivity index (χ2n) is 5.29. The Morgan fingerprint density at radius 1 is 1.64 bits per heavy atom. The molecule has 2 rings (SSSR count). The van der Waals surface area contributed by atoms with Gasteiger partial charge in [-0.1, -0.05) is 6.07 Å². The number of nitriles is 1. The first-order chi connectivity index (χ1) is 10.4. The van der Waals surface area contributed by atoms with Crippen molar-refractivity contribution in [2.45, 2.75) is 25.5 Å². The standard InChI is InChI=1S/C15H17N3O4/c1-3-22-14(20)12-11(9-5-4-6-17-8-9)10(7-16)13(19)18-15(12,2)21/h4-6,8,10-12,21H,3H2,1-2H3,(H,18,19). The van der Waals surface area contributed by atoms with E-state index in [0.29, 0.717) is 5.56 Å². The lowest BCUT2D eigenvalue weighted by atomic mass is 9.70. The van der Waals surface area contributed by atoms with Crippen LogP contribution in [0.2, 0.25) is 0 Å². The van der Waals surface area contributed by atoms with Crippen LogP contribution in [-0.2, 0) is 14.3 Å². The molecule has 4 unspecified atom stereocenters. The van der Waals surface area contributed by atoms with Gasteiger partial charge in [-0.05, 0) is 25.5 Å². The number of nitrogens with one attached hydrogen (secondary N) is 1. The van der Waals surface area contributed by atoms with Gasteiger partial charge in [0, 0.05) is 18.3 Å². The zero-order valence-corrected chi connectivity index (χ0v) is 12.3. The quantitative estimate of drug-likeness (QED) is 0.778. The molecule has 2 heterocycles. The number of amides is 1. The number of nitrogens with zero attached hydrogens (tertiary/aromatic N) is 2. The average Bonchev–Trinajstić information content (AvgIpc) is 2.46. The molecule has 7 nitrogen and oxygen atoms in total.